The van der Waals surface area contributed by atoms with Crippen molar-refractivity contribution in [3.63, 3.8) is 0 Å². The molecule has 0 radical (unpaired) electrons. The van der Waals surface area contributed by atoms with Gasteiger partial charge < -0.3 is 0 Å². The van der Waals surface area contributed by atoms with Crippen molar-refractivity contribution in [2.75, 3.05) is 0 Å². The molecule has 0 unspecified atom stereocenters. The van der Waals surface area contributed by atoms with Crippen LogP contribution in [0.25, 0.3) is 0 Å². The van der Waals surface area contributed by atoms with E-state index in [-0.39, 0.29) is 16.3 Å². The van der Waals surface area contributed by atoms with E-state index in [1.54, 1.807) is 0 Å². The van der Waals surface area contributed by atoms with Gasteiger partial charge in [-0.15, -0.1) is 0 Å². The van der Waals surface area contributed by atoms with Crippen molar-refractivity contribution < 1.29 is 16.3 Å². The summed E-state index contributed by atoms with van der Waals surface area (Å²) in [5.41, 5.74) is 0. The Bertz CT molecular complexity index is 41.1. The molecule has 0 aliphatic heterocycles. The second-order valence-corrected chi connectivity index (χ2v) is 1.78. The molecule has 94 valence electrons. The van der Waals surface area contributed by atoms with E-state index >= 15 is 0 Å². The van der Waals surface area contributed by atoms with E-state index < -0.39 is 22.2 Å². The summed E-state index contributed by atoms with van der Waals surface area (Å²) in [4.78, 5) is 0. The van der Waals surface area contributed by atoms with Crippen molar-refractivity contribution in [2.24, 2.45) is 0 Å². The van der Waals surface area contributed by atoms with Crippen LogP contribution < -0.4 is 0 Å². The minimum absolute atomic E-state index is 0. The molecular weight excluding hydrogens is 299 g/mol. The number of halogens is 5. The van der Waals surface area contributed by atoms with Gasteiger partial charge in [0, 0.05) is 10.6 Å². The first-order valence-corrected chi connectivity index (χ1v) is 4.89. The Morgan fingerprint density at radius 2 is 1.00 bits per heavy atom. The van der Waals surface area contributed by atoms with Gasteiger partial charge in [0.25, 0.3) is 0 Å². The first-order valence-electron chi connectivity index (χ1n) is 3.63. The fourth-order valence-corrected chi connectivity index (χ4v) is 0. The zero-order chi connectivity index (χ0) is 11.0. The minimum atomic E-state index is -4.01. The van der Waals surface area contributed by atoms with E-state index in [4.69, 9.17) is 9.74 Å². The van der Waals surface area contributed by atoms with Gasteiger partial charge in [0.2, 0.25) is 0 Å². The number of hydrogen-bond donors (Lipinski definition) is 0. The Hall–Kier alpha value is 0.450. The maximum atomic E-state index is 10.2. The molecule has 0 N–H and O–H groups in total. The fourth-order valence-electron chi connectivity index (χ4n) is 0. The first kappa shape index (κ1) is 29.2. The van der Waals surface area contributed by atoms with Crippen molar-refractivity contribution in [2.45, 2.75) is 55.4 Å². The second kappa shape index (κ2) is 137. The monoisotopic (exact) mass is 330 g/mol. The van der Waals surface area contributed by atoms with Crippen LogP contribution in [0.4, 0.5) is 14.9 Å². The van der Waals surface area contributed by atoms with Crippen LogP contribution in [-0.4, -0.2) is 0.594 Å². The van der Waals surface area contributed by atoms with Gasteiger partial charge in [-0.25, -0.2) is 0 Å². The van der Waals surface area contributed by atoms with E-state index in [0.717, 1.165) is 0 Å². The van der Waals surface area contributed by atoms with Crippen molar-refractivity contribution in [1.29, 1.82) is 0.594 Å². The van der Waals surface area contributed by atoms with Crippen LogP contribution in [0.15, 0.2) is 0 Å². The Morgan fingerprint density at radius 1 is 1.00 bits per heavy atom. The van der Waals surface area contributed by atoms with Gasteiger partial charge in [-0.2, -0.15) is 0 Å². The van der Waals surface area contributed by atoms with E-state index in [9.17, 15) is 5.72 Å². The van der Waals surface area contributed by atoms with Crippen LogP contribution in [0.1, 0.15) is 56.8 Å². The molecule has 5 heteroatoms. The Balaban J connectivity index is -0.0000000109. The normalized spacial score (nSPS) is 6.77. The van der Waals surface area contributed by atoms with Gasteiger partial charge >= 0.3 is 28.5 Å². The summed E-state index contributed by atoms with van der Waals surface area (Å²) in [7, 11) is 0. The molecule has 0 aliphatic rings. The van der Waals surface area contributed by atoms with Crippen LogP contribution in [0.2, 0.25) is 0 Å². The molecule has 0 spiro atoms. The van der Waals surface area contributed by atoms with Gasteiger partial charge in [-0.3, -0.25) is 0 Å². The number of hydrogen-bond acceptors (Lipinski definition) is 0. The zero-order valence-corrected chi connectivity index (χ0v) is 9.46. The van der Waals surface area contributed by atoms with Crippen LogP contribution in [0.5, 0.6) is 0 Å². The summed E-state index contributed by atoms with van der Waals surface area (Å²) in [5.74, 6) is 0. The zero-order valence-electron chi connectivity index (χ0n) is 8.30. The molecule has 13 heavy (non-hydrogen) atoms. The van der Waals surface area contributed by atoms with Gasteiger partial charge in [-0.1, -0.05) is 55.4 Å². The molecule has 0 amide bonds. The fraction of sp³-hybridized carbons (Fsp3) is 1.00. The summed E-state index contributed by atoms with van der Waals surface area (Å²) in [6, 6.07) is 0. The van der Waals surface area contributed by atoms with Gasteiger partial charge in [-0.05, 0) is 0 Å². The van der Waals surface area contributed by atoms with Gasteiger partial charge in [0.05, 0.1) is 0 Å². The molecule has 0 saturated heterocycles. The van der Waals surface area contributed by atoms with E-state index in [1.807, 2.05) is 0 Å². The Morgan fingerprint density at radius 3 is 1.00 bits per heavy atom. The molecule has 0 aromatic rings. The maximum absolute atomic E-state index is 10.2. The van der Waals surface area contributed by atoms with Crippen molar-refractivity contribution in [3.8, 4) is 0 Å². The quantitative estimate of drug-likeness (QED) is 0.344. The third-order valence-electron chi connectivity index (χ3n) is 0. The molecule has 0 rings (SSSR count). The molecule has 0 aliphatic carbocycles. The van der Waals surface area contributed by atoms with Crippen LogP contribution in [0, 0.1) is 0 Å². The van der Waals surface area contributed by atoms with E-state index in [0.29, 0.717) is 0 Å². The number of rotatable bonds is 0. The molecule has 0 bridgehead atoms. The molecule has 0 heterocycles. The van der Waals surface area contributed by atoms with E-state index in [1.165, 1.54) is 12.8 Å². The molecular formula is C8H27F4I. The topological polar surface area (TPSA) is 0 Å². The molecule has 0 aromatic heterocycles. The third-order valence-corrected chi connectivity index (χ3v) is 0. The van der Waals surface area contributed by atoms with Gasteiger partial charge in [0.1, 0.15) is 0 Å². The average molecular weight is 330 g/mol. The van der Waals surface area contributed by atoms with E-state index in [2.05, 4.69) is 27.7 Å². The molecule has 0 saturated carbocycles. The summed E-state index contributed by atoms with van der Waals surface area (Å²) >= 11 is -4.01. The molecule has 0 fully saturated rings. The van der Waals surface area contributed by atoms with Crippen LogP contribution >= 0.6 is 22.2 Å². The summed E-state index contributed by atoms with van der Waals surface area (Å²) < 4.78 is 41.7. The van der Waals surface area contributed by atoms with Crippen molar-refractivity contribution in [1.82, 2.24) is 0 Å². The molecule has 0 nitrogen and oxygen atoms in total. The molecule has 0 aromatic carbocycles. The predicted molar refractivity (Wildman–Crippen MR) is 67.4 cm³/mol. The predicted octanol–water partition coefficient (Wildman–Crippen LogP) is 6.65. The standard InChI is InChI=1S/2C3H8.2CH4.F2HI.F2.H2/c2*1-3-2;;;1-3-2;1-2;/h2*3H2,1-2H3;2*1H4;3H;;1H/i;;;;3T;;1+2. The SMILES string of the molecule is C.C.CCC.CCC.FF.[3HH].[3H]I(F)F. The van der Waals surface area contributed by atoms with Gasteiger partial charge in [0.15, 0.2) is 0 Å². The van der Waals surface area contributed by atoms with Crippen LogP contribution in [-0.2, 0) is 0 Å². The Labute approximate surface area is 94.7 Å². The average Bonchev–Trinajstić information content (AvgIpc) is 1.92. The van der Waals surface area contributed by atoms with Crippen molar-refractivity contribution in [3.05, 3.63) is 0 Å². The summed E-state index contributed by atoms with van der Waals surface area (Å²) in [6.07, 6.45) is 2.50. The first-order chi connectivity index (χ1) is 5.56. The molecule has 0 atom stereocenters. The van der Waals surface area contributed by atoms with Crippen molar-refractivity contribution >= 4 is 22.2 Å². The third kappa shape index (κ3) is 6710. The second-order valence-electron chi connectivity index (χ2n) is 1.47. The summed E-state index contributed by atoms with van der Waals surface area (Å²) in [5, 5.41) is 0. The van der Waals surface area contributed by atoms with Crippen LogP contribution in [0.3, 0.4) is 0 Å². The summed E-state index contributed by atoms with van der Waals surface area (Å²) in [6.45, 7) is 8.50. The Kier molecular flexibility index (Phi) is 308.